The van der Waals surface area contributed by atoms with Gasteiger partial charge in [0.25, 0.3) is 0 Å². The first-order valence-corrected chi connectivity index (χ1v) is 7.18. The lowest BCUT2D eigenvalue weighted by atomic mass is 10.0. The summed E-state index contributed by atoms with van der Waals surface area (Å²) in [6, 6.07) is -0.0231. The summed E-state index contributed by atoms with van der Waals surface area (Å²) in [7, 11) is -3.42. The second kappa shape index (κ2) is 5.14. The van der Waals surface area contributed by atoms with Crippen LogP contribution in [0.25, 0.3) is 0 Å². The number of hydrogen-bond acceptors (Lipinski definition) is 3. The minimum absolute atomic E-state index is 0.0115. The van der Waals surface area contributed by atoms with Crippen LogP contribution in [0.5, 0.6) is 0 Å². The zero-order valence-corrected chi connectivity index (χ0v) is 10.5. The van der Waals surface area contributed by atoms with Gasteiger partial charge in [0.1, 0.15) is 0 Å². The van der Waals surface area contributed by atoms with Gasteiger partial charge >= 0.3 is 5.97 Å². The Hall–Kier alpha value is -0.620. The van der Waals surface area contributed by atoms with Gasteiger partial charge in [0.15, 0.2) is 0 Å². The van der Waals surface area contributed by atoms with Gasteiger partial charge in [0, 0.05) is 12.1 Å². The van der Waals surface area contributed by atoms with Gasteiger partial charge in [-0.05, 0) is 26.7 Å². The van der Waals surface area contributed by atoms with Gasteiger partial charge in [-0.25, -0.2) is 8.42 Å². The molecule has 0 radical (unpaired) electrons. The second-order valence-corrected chi connectivity index (χ2v) is 6.41. The molecule has 1 fully saturated rings. The molecule has 0 saturated carbocycles. The first-order chi connectivity index (χ1) is 7.34. The summed E-state index contributed by atoms with van der Waals surface area (Å²) in [4.78, 5) is 10.4. The number of sulfonamides is 1. The number of piperidine rings is 1. The van der Waals surface area contributed by atoms with Crippen molar-refractivity contribution in [2.75, 3.05) is 5.75 Å². The number of carboxylic acids is 1. The fourth-order valence-corrected chi connectivity index (χ4v) is 4.22. The van der Waals surface area contributed by atoms with E-state index in [0.717, 1.165) is 19.3 Å². The van der Waals surface area contributed by atoms with Crippen LogP contribution >= 0.6 is 0 Å². The van der Waals surface area contributed by atoms with Crippen LogP contribution in [0.1, 0.15) is 39.5 Å². The number of rotatable bonds is 4. The molecule has 5 nitrogen and oxygen atoms in total. The quantitative estimate of drug-likeness (QED) is 0.808. The fraction of sp³-hybridized carbons (Fsp3) is 0.900. The third-order valence-electron chi connectivity index (χ3n) is 3.01. The number of nitrogens with zero attached hydrogens (tertiary/aromatic N) is 1. The van der Waals surface area contributed by atoms with E-state index in [-0.39, 0.29) is 24.3 Å². The van der Waals surface area contributed by atoms with Crippen molar-refractivity contribution in [3.05, 3.63) is 0 Å². The molecular weight excluding hydrogens is 230 g/mol. The normalized spacial score (nSPS) is 27.9. The molecule has 1 aliphatic heterocycles. The highest BCUT2D eigenvalue weighted by Crippen LogP contribution is 2.26. The van der Waals surface area contributed by atoms with Gasteiger partial charge < -0.3 is 5.11 Å². The van der Waals surface area contributed by atoms with E-state index < -0.39 is 16.0 Å². The van der Waals surface area contributed by atoms with Crippen molar-refractivity contribution < 1.29 is 18.3 Å². The van der Waals surface area contributed by atoms with E-state index in [2.05, 4.69) is 0 Å². The molecule has 94 valence electrons. The predicted octanol–water partition coefficient (Wildman–Crippen LogP) is 1.05. The van der Waals surface area contributed by atoms with Crippen molar-refractivity contribution in [1.29, 1.82) is 0 Å². The summed E-state index contributed by atoms with van der Waals surface area (Å²) < 4.78 is 25.4. The average Bonchev–Trinajstić information content (AvgIpc) is 2.14. The van der Waals surface area contributed by atoms with Crippen LogP contribution in [0.15, 0.2) is 0 Å². The zero-order chi connectivity index (χ0) is 12.3. The molecule has 0 amide bonds. The third kappa shape index (κ3) is 3.18. The molecule has 0 unspecified atom stereocenters. The van der Waals surface area contributed by atoms with Crippen LogP contribution in [-0.4, -0.2) is 41.6 Å². The maximum absolute atomic E-state index is 12.0. The summed E-state index contributed by atoms with van der Waals surface area (Å²) in [6.45, 7) is 3.77. The lowest BCUT2D eigenvalue weighted by Crippen LogP contribution is -2.48. The molecule has 1 aliphatic rings. The lowest BCUT2D eigenvalue weighted by Gasteiger charge is -2.37. The van der Waals surface area contributed by atoms with Gasteiger partial charge in [-0.15, -0.1) is 0 Å². The molecule has 0 aromatic heterocycles. The molecule has 1 heterocycles. The maximum atomic E-state index is 12.0. The van der Waals surface area contributed by atoms with Crippen LogP contribution in [0.2, 0.25) is 0 Å². The molecule has 1 rings (SSSR count). The Morgan fingerprint density at radius 1 is 1.31 bits per heavy atom. The van der Waals surface area contributed by atoms with Gasteiger partial charge in [0.05, 0.1) is 12.2 Å². The van der Waals surface area contributed by atoms with Crippen molar-refractivity contribution in [1.82, 2.24) is 4.31 Å². The highest BCUT2D eigenvalue weighted by molar-refractivity contribution is 7.89. The minimum atomic E-state index is -3.42. The number of carboxylic acid groups (broad SMARTS) is 1. The van der Waals surface area contributed by atoms with E-state index in [1.165, 1.54) is 4.31 Å². The molecule has 2 atom stereocenters. The average molecular weight is 249 g/mol. The van der Waals surface area contributed by atoms with Crippen LogP contribution in [-0.2, 0) is 14.8 Å². The van der Waals surface area contributed by atoms with Gasteiger partial charge in [0.2, 0.25) is 10.0 Å². The minimum Gasteiger partial charge on any atom is -0.481 e. The second-order valence-electron chi connectivity index (χ2n) is 4.42. The van der Waals surface area contributed by atoms with Crippen molar-refractivity contribution in [3.63, 3.8) is 0 Å². The Labute approximate surface area is 96.5 Å². The Morgan fingerprint density at radius 2 is 1.81 bits per heavy atom. The monoisotopic (exact) mass is 249 g/mol. The molecule has 16 heavy (non-hydrogen) atoms. The Balaban J connectivity index is 2.76. The zero-order valence-electron chi connectivity index (χ0n) is 9.72. The van der Waals surface area contributed by atoms with Crippen molar-refractivity contribution in [3.8, 4) is 0 Å². The van der Waals surface area contributed by atoms with Crippen molar-refractivity contribution >= 4 is 16.0 Å². The van der Waals surface area contributed by atoms with E-state index in [1.807, 2.05) is 13.8 Å². The van der Waals surface area contributed by atoms with Crippen LogP contribution in [0.3, 0.4) is 0 Å². The van der Waals surface area contributed by atoms with E-state index in [4.69, 9.17) is 5.11 Å². The third-order valence-corrected chi connectivity index (χ3v) is 5.09. The smallest absolute Gasteiger partial charge is 0.304 e. The number of hydrogen-bond donors (Lipinski definition) is 1. The molecule has 0 aliphatic carbocycles. The largest absolute Gasteiger partial charge is 0.481 e. The Bertz CT molecular complexity index is 342. The molecule has 1 saturated heterocycles. The number of aliphatic carboxylic acids is 1. The molecule has 0 aromatic carbocycles. The van der Waals surface area contributed by atoms with E-state index in [1.54, 1.807) is 0 Å². The van der Waals surface area contributed by atoms with E-state index in [9.17, 15) is 13.2 Å². The first kappa shape index (κ1) is 13.4. The van der Waals surface area contributed by atoms with E-state index in [0.29, 0.717) is 0 Å². The SMILES string of the molecule is C[C@@H]1CCC[C@H](C)N1S(=O)(=O)CCC(=O)O. The number of carbonyl (C=O) groups is 1. The van der Waals surface area contributed by atoms with Crippen LogP contribution < -0.4 is 0 Å². The van der Waals surface area contributed by atoms with Crippen molar-refractivity contribution in [2.24, 2.45) is 0 Å². The van der Waals surface area contributed by atoms with Crippen molar-refractivity contribution in [2.45, 2.75) is 51.6 Å². The molecular formula is C10H19NO4S. The predicted molar refractivity (Wildman–Crippen MR) is 60.7 cm³/mol. The molecule has 1 N–H and O–H groups in total. The van der Waals surface area contributed by atoms with Gasteiger partial charge in [-0.1, -0.05) is 6.42 Å². The van der Waals surface area contributed by atoms with Crippen LogP contribution in [0.4, 0.5) is 0 Å². The summed E-state index contributed by atoms with van der Waals surface area (Å²) in [5.74, 6) is -1.36. The highest BCUT2D eigenvalue weighted by Gasteiger charge is 2.34. The van der Waals surface area contributed by atoms with E-state index >= 15 is 0 Å². The molecule has 0 spiro atoms. The topological polar surface area (TPSA) is 74.7 Å². The summed E-state index contributed by atoms with van der Waals surface area (Å²) in [6.07, 6.45) is 2.43. The maximum Gasteiger partial charge on any atom is 0.304 e. The van der Waals surface area contributed by atoms with Gasteiger partial charge in [-0.2, -0.15) is 4.31 Å². The van der Waals surface area contributed by atoms with Gasteiger partial charge in [-0.3, -0.25) is 4.79 Å². The lowest BCUT2D eigenvalue weighted by molar-refractivity contribution is -0.136. The standard InChI is InChI=1S/C10H19NO4S/c1-8-4-3-5-9(2)11(8)16(14,15)7-6-10(12)13/h8-9H,3-7H2,1-2H3,(H,12,13)/t8-,9+. The van der Waals surface area contributed by atoms with Crippen LogP contribution in [0, 0.1) is 0 Å². The summed E-state index contributed by atoms with van der Waals surface area (Å²) >= 11 is 0. The first-order valence-electron chi connectivity index (χ1n) is 5.57. The Kier molecular flexibility index (Phi) is 4.32. The molecule has 0 aromatic rings. The molecule has 6 heteroatoms. The highest BCUT2D eigenvalue weighted by atomic mass is 32.2. The summed E-state index contributed by atoms with van der Waals surface area (Å²) in [5, 5.41) is 8.52. The fourth-order valence-electron chi connectivity index (χ4n) is 2.27. The summed E-state index contributed by atoms with van der Waals surface area (Å²) in [5.41, 5.74) is 0. The molecule has 0 bridgehead atoms. The Morgan fingerprint density at radius 3 is 2.25 bits per heavy atom.